The number of amides is 1. The normalized spacial score (nSPS) is 25.8. The molecule has 0 spiro atoms. The monoisotopic (exact) mass is 327 g/mol. The summed E-state index contributed by atoms with van der Waals surface area (Å²) in [5, 5.41) is 3.15. The first kappa shape index (κ1) is 16.1. The molecule has 2 atom stereocenters. The van der Waals surface area contributed by atoms with Crippen LogP contribution in [0.15, 0.2) is 18.2 Å². The summed E-state index contributed by atoms with van der Waals surface area (Å²) in [6, 6.07) is 7.02. The lowest BCUT2D eigenvalue weighted by atomic mass is 10.1. The van der Waals surface area contributed by atoms with Crippen LogP contribution in [0.1, 0.15) is 43.7 Å². The lowest BCUT2D eigenvalue weighted by molar-refractivity contribution is -0.120. The van der Waals surface area contributed by atoms with Crippen LogP contribution in [0.4, 0.5) is 5.69 Å². The number of aryl methyl sites for hydroxylation is 2. The summed E-state index contributed by atoms with van der Waals surface area (Å²) in [7, 11) is 0. The van der Waals surface area contributed by atoms with Gasteiger partial charge in [-0.05, 0) is 81.8 Å². The molecule has 2 fully saturated rings. The third kappa shape index (κ3) is 3.22. The smallest absolute Gasteiger partial charge is 0.241 e. The van der Waals surface area contributed by atoms with Gasteiger partial charge in [0, 0.05) is 24.8 Å². The molecule has 4 heteroatoms. The fraction of sp³-hybridized carbons (Fsp3) is 0.650. The van der Waals surface area contributed by atoms with Gasteiger partial charge in [0.05, 0.1) is 6.04 Å². The number of carbonyl (C=O) groups excluding carboxylic acids is 1. The summed E-state index contributed by atoms with van der Waals surface area (Å²) < 4.78 is 0. The summed E-state index contributed by atoms with van der Waals surface area (Å²) in [6.45, 7) is 6.58. The Morgan fingerprint density at radius 2 is 1.96 bits per heavy atom. The van der Waals surface area contributed by atoms with E-state index in [1.165, 1.54) is 56.3 Å². The molecule has 3 aliphatic rings. The lowest BCUT2D eigenvalue weighted by Gasteiger charge is -2.29. The van der Waals surface area contributed by atoms with Gasteiger partial charge in [0.1, 0.15) is 0 Å². The Morgan fingerprint density at radius 3 is 2.88 bits per heavy atom. The molecule has 1 aromatic carbocycles. The van der Waals surface area contributed by atoms with E-state index in [2.05, 4.69) is 40.2 Å². The quantitative estimate of drug-likeness (QED) is 0.927. The molecular weight excluding hydrogens is 298 g/mol. The van der Waals surface area contributed by atoms with E-state index in [1.807, 2.05) is 0 Å². The third-order valence-corrected chi connectivity index (χ3v) is 6.13. The zero-order valence-electron chi connectivity index (χ0n) is 14.8. The molecule has 4 rings (SSSR count). The average molecular weight is 327 g/mol. The highest BCUT2D eigenvalue weighted by molar-refractivity contribution is 5.94. The van der Waals surface area contributed by atoms with Crippen LogP contribution in [0.3, 0.4) is 0 Å². The highest BCUT2D eigenvalue weighted by Gasteiger charge is 2.32. The first-order chi connectivity index (χ1) is 11.7. The number of anilines is 1. The number of carbonyl (C=O) groups is 1. The Morgan fingerprint density at radius 1 is 1.12 bits per heavy atom. The van der Waals surface area contributed by atoms with Gasteiger partial charge in [-0.15, -0.1) is 0 Å². The van der Waals surface area contributed by atoms with Gasteiger partial charge >= 0.3 is 0 Å². The van der Waals surface area contributed by atoms with E-state index in [0.717, 1.165) is 25.2 Å². The van der Waals surface area contributed by atoms with E-state index in [9.17, 15) is 4.79 Å². The maximum atomic E-state index is 12.7. The molecule has 1 aliphatic carbocycles. The number of fused-ring (bicyclic) bond motifs is 2. The van der Waals surface area contributed by atoms with Crippen molar-refractivity contribution in [1.82, 2.24) is 9.80 Å². The van der Waals surface area contributed by atoms with E-state index >= 15 is 0 Å². The van der Waals surface area contributed by atoms with Gasteiger partial charge < -0.3 is 5.32 Å². The molecule has 1 aromatic rings. The molecule has 2 saturated heterocycles. The maximum Gasteiger partial charge on any atom is 0.241 e. The second kappa shape index (κ2) is 6.85. The van der Waals surface area contributed by atoms with Gasteiger partial charge in [-0.25, -0.2) is 0 Å². The van der Waals surface area contributed by atoms with E-state index in [1.54, 1.807) is 0 Å². The Balaban J connectivity index is 1.40. The van der Waals surface area contributed by atoms with Gasteiger partial charge in [-0.3, -0.25) is 14.6 Å². The third-order valence-electron chi connectivity index (χ3n) is 6.13. The fourth-order valence-corrected chi connectivity index (χ4v) is 4.65. The zero-order chi connectivity index (χ0) is 16.5. The first-order valence-corrected chi connectivity index (χ1v) is 9.61. The molecule has 24 heavy (non-hydrogen) atoms. The molecule has 0 unspecified atom stereocenters. The van der Waals surface area contributed by atoms with Gasteiger partial charge in [0.25, 0.3) is 0 Å². The molecule has 0 radical (unpaired) electrons. The second-order valence-corrected chi connectivity index (χ2v) is 7.68. The number of nitrogens with one attached hydrogen (secondary N) is 1. The lowest BCUT2D eigenvalue weighted by Crippen LogP contribution is -2.46. The van der Waals surface area contributed by atoms with Crippen LogP contribution >= 0.6 is 0 Å². The number of nitrogens with zero attached hydrogens (tertiary/aromatic N) is 2. The van der Waals surface area contributed by atoms with Crippen molar-refractivity contribution in [3.63, 3.8) is 0 Å². The van der Waals surface area contributed by atoms with E-state index < -0.39 is 0 Å². The van der Waals surface area contributed by atoms with Crippen LogP contribution in [-0.2, 0) is 17.6 Å². The Labute approximate surface area is 145 Å². The molecule has 0 bridgehead atoms. The standard InChI is InChI=1S/C20H29N3O/c1-15(23-12-4-11-22-10-3-7-19(22)14-23)20(24)21-18-9-8-16-5-2-6-17(16)13-18/h8-9,13,15,19H,2-7,10-12,14H2,1H3,(H,21,24)/t15-,19-/m0/s1. The van der Waals surface area contributed by atoms with Crippen molar-refractivity contribution < 1.29 is 4.79 Å². The molecule has 2 aliphatic heterocycles. The molecule has 1 amide bonds. The highest BCUT2D eigenvalue weighted by atomic mass is 16.2. The minimum Gasteiger partial charge on any atom is -0.325 e. The van der Waals surface area contributed by atoms with Crippen molar-refractivity contribution in [2.45, 2.75) is 57.5 Å². The minimum atomic E-state index is -0.0567. The Kier molecular flexibility index (Phi) is 4.59. The molecule has 130 valence electrons. The van der Waals surface area contributed by atoms with Crippen molar-refractivity contribution in [1.29, 1.82) is 0 Å². The van der Waals surface area contributed by atoms with Gasteiger partial charge in [-0.2, -0.15) is 0 Å². The summed E-state index contributed by atoms with van der Waals surface area (Å²) >= 11 is 0. The average Bonchev–Trinajstić information content (AvgIpc) is 3.18. The molecule has 0 aromatic heterocycles. The molecular formula is C20H29N3O. The van der Waals surface area contributed by atoms with Crippen molar-refractivity contribution in [2.75, 3.05) is 31.5 Å². The van der Waals surface area contributed by atoms with Crippen LogP contribution in [0.25, 0.3) is 0 Å². The topological polar surface area (TPSA) is 35.6 Å². The van der Waals surface area contributed by atoms with Crippen LogP contribution in [0.2, 0.25) is 0 Å². The molecule has 4 nitrogen and oxygen atoms in total. The summed E-state index contributed by atoms with van der Waals surface area (Å²) in [5.41, 5.74) is 3.83. The van der Waals surface area contributed by atoms with Crippen molar-refractivity contribution in [3.8, 4) is 0 Å². The zero-order valence-corrected chi connectivity index (χ0v) is 14.8. The van der Waals surface area contributed by atoms with Crippen LogP contribution in [-0.4, -0.2) is 54.0 Å². The predicted octanol–water partition coefficient (Wildman–Crippen LogP) is 2.67. The number of hydrogen-bond acceptors (Lipinski definition) is 3. The second-order valence-electron chi connectivity index (χ2n) is 7.68. The van der Waals surface area contributed by atoms with Crippen LogP contribution in [0, 0.1) is 0 Å². The summed E-state index contributed by atoms with van der Waals surface area (Å²) in [6.07, 6.45) is 7.36. The van der Waals surface area contributed by atoms with Crippen molar-refractivity contribution in [3.05, 3.63) is 29.3 Å². The number of benzene rings is 1. The Bertz CT molecular complexity index is 615. The molecule has 2 heterocycles. The largest absolute Gasteiger partial charge is 0.325 e. The van der Waals surface area contributed by atoms with E-state index in [0.29, 0.717) is 6.04 Å². The van der Waals surface area contributed by atoms with Gasteiger partial charge in [0.15, 0.2) is 0 Å². The van der Waals surface area contributed by atoms with Crippen LogP contribution in [0.5, 0.6) is 0 Å². The SMILES string of the molecule is C[C@@H](C(=O)Nc1ccc2c(c1)CCC2)N1CCCN2CCC[C@H]2C1. The Hall–Kier alpha value is -1.39. The van der Waals surface area contributed by atoms with E-state index in [-0.39, 0.29) is 11.9 Å². The van der Waals surface area contributed by atoms with Crippen LogP contribution < -0.4 is 5.32 Å². The number of hydrogen-bond donors (Lipinski definition) is 1. The van der Waals surface area contributed by atoms with E-state index in [4.69, 9.17) is 0 Å². The summed E-state index contributed by atoms with van der Waals surface area (Å²) in [5.74, 6) is 0.138. The molecule has 1 N–H and O–H groups in total. The van der Waals surface area contributed by atoms with Gasteiger partial charge in [-0.1, -0.05) is 6.07 Å². The highest BCUT2D eigenvalue weighted by Crippen LogP contribution is 2.26. The predicted molar refractivity (Wildman–Crippen MR) is 97.3 cm³/mol. The van der Waals surface area contributed by atoms with Crippen molar-refractivity contribution in [2.24, 2.45) is 0 Å². The summed E-state index contributed by atoms with van der Waals surface area (Å²) in [4.78, 5) is 17.8. The fourth-order valence-electron chi connectivity index (χ4n) is 4.65. The van der Waals surface area contributed by atoms with Gasteiger partial charge in [0.2, 0.25) is 5.91 Å². The molecule has 0 saturated carbocycles. The van der Waals surface area contributed by atoms with Crippen molar-refractivity contribution >= 4 is 11.6 Å². The first-order valence-electron chi connectivity index (χ1n) is 9.61. The number of rotatable bonds is 3. The minimum absolute atomic E-state index is 0.0567. The maximum absolute atomic E-state index is 12.7.